The summed E-state index contributed by atoms with van der Waals surface area (Å²) in [6.45, 7) is 3.90. The highest BCUT2D eigenvalue weighted by molar-refractivity contribution is 5.79. The van der Waals surface area contributed by atoms with Crippen LogP contribution in [0.4, 0.5) is 4.39 Å². The van der Waals surface area contributed by atoms with Crippen LogP contribution in [0.1, 0.15) is 43.4 Å². The lowest BCUT2D eigenvalue weighted by molar-refractivity contribution is -0.163. The van der Waals surface area contributed by atoms with Crippen LogP contribution in [-0.4, -0.2) is 53.7 Å². The Labute approximate surface area is 207 Å². The van der Waals surface area contributed by atoms with Gasteiger partial charge in [-0.05, 0) is 43.0 Å². The minimum Gasteiger partial charge on any atom is -0.353 e. The van der Waals surface area contributed by atoms with Gasteiger partial charge < -0.3 is 9.47 Å². The third-order valence-corrected chi connectivity index (χ3v) is 6.85. The topological polar surface area (TPSA) is 84.3 Å². The van der Waals surface area contributed by atoms with Gasteiger partial charge >= 0.3 is 0 Å². The summed E-state index contributed by atoms with van der Waals surface area (Å²) in [4.78, 5) is 4.50. The van der Waals surface area contributed by atoms with Gasteiger partial charge in [-0.25, -0.2) is 13.9 Å². The van der Waals surface area contributed by atoms with E-state index in [2.05, 4.69) is 15.2 Å². The van der Waals surface area contributed by atoms with Crippen LogP contribution in [0.2, 0.25) is 0 Å². The Kier molecular flexibility index (Phi) is 5.98. The lowest BCUT2D eigenvalue weighted by Crippen LogP contribution is -2.24. The van der Waals surface area contributed by atoms with Gasteiger partial charge in [-0.2, -0.15) is 15.3 Å². The third kappa shape index (κ3) is 4.27. The van der Waals surface area contributed by atoms with E-state index < -0.39 is 0 Å². The molecule has 1 fully saturated rings. The summed E-state index contributed by atoms with van der Waals surface area (Å²) in [7, 11) is 1.81. The molecule has 2 unspecified atom stereocenters. The van der Waals surface area contributed by atoms with Crippen molar-refractivity contribution in [3.05, 3.63) is 66.1 Å². The molecule has 0 radical (unpaired) electrons. The number of halogens is 1. The second kappa shape index (κ2) is 9.44. The number of fused-ring (bicyclic) bond motifs is 2. The fourth-order valence-corrected chi connectivity index (χ4v) is 4.76. The summed E-state index contributed by atoms with van der Waals surface area (Å²) < 4.78 is 31.8. The Morgan fingerprint density at radius 1 is 1.17 bits per heavy atom. The van der Waals surface area contributed by atoms with Crippen molar-refractivity contribution in [2.75, 3.05) is 13.2 Å². The van der Waals surface area contributed by atoms with Crippen molar-refractivity contribution in [3.8, 4) is 11.3 Å². The van der Waals surface area contributed by atoms with Gasteiger partial charge in [0, 0.05) is 42.8 Å². The fraction of sp³-hybridized carbons (Fsp3) is 0.385. The summed E-state index contributed by atoms with van der Waals surface area (Å²) in [5.74, 6) is -0.527. The molecule has 9 nitrogen and oxygen atoms in total. The van der Waals surface area contributed by atoms with Gasteiger partial charge in [-0.15, -0.1) is 0 Å². The molecule has 1 aromatic carbocycles. The molecule has 2 atom stereocenters. The first-order valence-corrected chi connectivity index (χ1v) is 12.3. The SMILES string of the molecule is CC(c1cc2cnn(C)c2cc1F)c1cnc2ccc(-c3cnn(CCOC4CCCCO4)c3)nn12. The van der Waals surface area contributed by atoms with Crippen LogP contribution >= 0.6 is 0 Å². The maximum atomic E-state index is 15.1. The zero-order chi connectivity index (χ0) is 24.6. The van der Waals surface area contributed by atoms with E-state index in [1.807, 2.05) is 36.0 Å². The van der Waals surface area contributed by atoms with E-state index >= 15 is 4.39 Å². The molecule has 0 aliphatic carbocycles. The van der Waals surface area contributed by atoms with Gasteiger partial charge in [0.2, 0.25) is 0 Å². The number of hydrogen-bond donors (Lipinski definition) is 0. The zero-order valence-electron chi connectivity index (χ0n) is 20.3. The predicted octanol–water partition coefficient (Wildman–Crippen LogP) is 4.31. The van der Waals surface area contributed by atoms with E-state index in [4.69, 9.17) is 14.6 Å². The number of aromatic nitrogens is 7. The standard InChI is InChI=1S/C26H28FN7O2/c1-17(20-11-18-13-29-32(2)23(18)12-21(20)27)24-15-28-25-7-6-22(31-34(24)25)19-14-30-33(16-19)8-10-36-26-5-3-4-9-35-26/h6-7,11-17,26H,3-5,8-10H2,1-2H3. The number of benzene rings is 1. The first-order chi connectivity index (χ1) is 17.6. The number of imidazole rings is 1. The average molecular weight is 490 g/mol. The average Bonchev–Trinajstić information content (AvgIpc) is 3.63. The van der Waals surface area contributed by atoms with E-state index in [-0.39, 0.29) is 18.0 Å². The first kappa shape index (κ1) is 22.8. The largest absolute Gasteiger partial charge is 0.353 e. The smallest absolute Gasteiger partial charge is 0.157 e. The highest BCUT2D eigenvalue weighted by Crippen LogP contribution is 2.30. The molecule has 186 valence electrons. The van der Waals surface area contributed by atoms with Gasteiger partial charge in [0.05, 0.1) is 48.6 Å². The molecule has 4 aromatic heterocycles. The van der Waals surface area contributed by atoms with Crippen molar-refractivity contribution in [2.24, 2.45) is 7.05 Å². The second-order valence-electron chi connectivity index (χ2n) is 9.25. The first-order valence-electron chi connectivity index (χ1n) is 12.3. The van der Waals surface area contributed by atoms with Gasteiger partial charge in [0.1, 0.15) is 5.82 Å². The van der Waals surface area contributed by atoms with Crippen LogP contribution in [0.5, 0.6) is 0 Å². The molecule has 10 heteroatoms. The van der Waals surface area contributed by atoms with Crippen LogP contribution in [0.3, 0.4) is 0 Å². The van der Waals surface area contributed by atoms with Crippen molar-refractivity contribution >= 4 is 16.6 Å². The van der Waals surface area contributed by atoms with Crippen LogP contribution in [0.25, 0.3) is 27.8 Å². The van der Waals surface area contributed by atoms with Crippen molar-refractivity contribution in [2.45, 2.75) is 44.9 Å². The molecule has 1 aliphatic heterocycles. The summed E-state index contributed by atoms with van der Waals surface area (Å²) >= 11 is 0. The number of ether oxygens (including phenoxy) is 2. The lowest BCUT2D eigenvalue weighted by atomic mass is 9.96. The Hall–Kier alpha value is -3.63. The summed E-state index contributed by atoms with van der Waals surface area (Å²) in [5, 5.41) is 14.4. The quantitative estimate of drug-likeness (QED) is 0.339. The molecule has 5 aromatic rings. The molecule has 0 spiro atoms. The van der Waals surface area contributed by atoms with Crippen molar-refractivity contribution in [3.63, 3.8) is 0 Å². The molecular weight excluding hydrogens is 461 g/mol. The monoisotopic (exact) mass is 489 g/mol. The maximum Gasteiger partial charge on any atom is 0.157 e. The molecular formula is C26H28FN7O2. The van der Waals surface area contributed by atoms with Crippen molar-refractivity contribution in [1.82, 2.24) is 34.2 Å². The number of rotatable bonds is 7. The van der Waals surface area contributed by atoms with Crippen LogP contribution in [0, 0.1) is 5.82 Å². The second-order valence-corrected chi connectivity index (χ2v) is 9.25. The van der Waals surface area contributed by atoms with Crippen LogP contribution in [0.15, 0.2) is 49.1 Å². The van der Waals surface area contributed by atoms with Gasteiger partial charge in [0.15, 0.2) is 11.9 Å². The molecule has 6 rings (SSSR count). The molecule has 0 amide bonds. The molecule has 1 aliphatic rings. The van der Waals surface area contributed by atoms with Crippen LogP contribution < -0.4 is 0 Å². The van der Waals surface area contributed by atoms with E-state index in [0.29, 0.717) is 24.4 Å². The Bertz CT molecular complexity index is 1520. The van der Waals surface area contributed by atoms with E-state index in [1.54, 1.807) is 34.8 Å². The lowest BCUT2D eigenvalue weighted by Gasteiger charge is -2.22. The van der Waals surface area contributed by atoms with Gasteiger partial charge in [-0.1, -0.05) is 6.92 Å². The fourth-order valence-electron chi connectivity index (χ4n) is 4.76. The summed E-state index contributed by atoms with van der Waals surface area (Å²) in [6, 6.07) is 7.23. The third-order valence-electron chi connectivity index (χ3n) is 6.85. The van der Waals surface area contributed by atoms with E-state index in [9.17, 15) is 0 Å². The van der Waals surface area contributed by atoms with Crippen molar-refractivity contribution < 1.29 is 13.9 Å². The summed E-state index contributed by atoms with van der Waals surface area (Å²) in [6.07, 6.45) is 10.3. The Morgan fingerprint density at radius 2 is 2.08 bits per heavy atom. The Morgan fingerprint density at radius 3 is 2.94 bits per heavy atom. The van der Waals surface area contributed by atoms with Crippen LogP contribution in [-0.2, 0) is 23.1 Å². The number of hydrogen-bond acceptors (Lipinski definition) is 6. The summed E-state index contributed by atoms with van der Waals surface area (Å²) in [5.41, 5.74) is 4.51. The minimum atomic E-state index is -0.271. The molecule has 1 saturated heterocycles. The number of aryl methyl sites for hydroxylation is 1. The normalized spacial score (nSPS) is 17.2. The highest BCUT2D eigenvalue weighted by atomic mass is 19.1. The van der Waals surface area contributed by atoms with Crippen molar-refractivity contribution in [1.29, 1.82) is 0 Å². The van der Waals surface area contributed by atoms with E-state index in [1.165, 1.54) is 6.07 Å². The molecule has 0 N–H and O–H groups in total. The predicted molar refractivity (Wildman–Crippen MR) is 132 cm³/mol. The maximum absolute atomic E-state index is 15.1. The molecule has 0 bridgehead atoms. The molecule has 36 heavy (non-hydrogen) atoms. The van der Waals surface area contributed by atoms with Gasteiger partial charge in [-0.3, -0.25) is 9.36 Å². The molecule has 0 saturated carbocycles. The van der Waals surface area contributed by atoms with E-state index in [0.717, 1.165) is 53.7 Å². The Balaban J connectivity index is 1.23. The van der Waals surface area contributed by atoms with Gasteiger partial charge in [0.25, 0.3) is 0 Å². The number of nitrogens with zero attached hydrogens (tertiary/aromatic N) is 7. The highest BCUT2D eigenvalue weighted by Gasteiger charge is 2.20. The zero-order valence-corrected chi connectivity index (χ0v) is 20.3. The molecule has 5 heterocycles. The minimum absolute atomic E-state index is 0.108.